The minimum absolute atomic E-state index is 0.146. The quantitative estimate of drug-likeness (QED) is 0.290. The van der Waals surface area contributed by atoms with Crippen LogP contribution < -0.4 is 5.32 Å². The number of halogens is 1. The lowest BCUT2D eigenvalue weighted by molar-refractivity contribution is -0.898. The minimum atomic E-state index is -0.429. The lowest BCUT2D eigenvalue weighted by Gasteiger charge is -2.48. The summed E-state index contributed by atoms with van der Waals surface area (Å²) in [7, 11) is 2.02. The van der Waals surface area contributed by atoms with E-state index in [1.54, 1.807) is 12.1 Å². The van der Waals surface area contributed by atoms with E-state index in [1.807, 2.05) is 68.6 Å². The molecule has 0 saturated carbocycles. The zero-order valence-electron chi connectivity index (χ0n) is 21.2. The number of fused-ring (bicyclic) bond motifs is 1. The number of carbonyl (C=O) groups is 1. The summed E-state index contributed by atoms with van der Waals surface area (Å²) in [4.78, 5) is 21.1. The first kappa shape index (κ1) is 25.0. The van der Waals surface area contributed by atoms with E-state index in [0.29, 0.717) is 59.5 Å². The van der Waals surface area contributed by atoms with Crippen molar-refractivity contribution in [2.24, 2.45) is 0 Å². The molecular formula is C30H31FN4O2. The van der Waals surface area contributed by atoms with Crippen molar-refractivity contribution >= 4 is 16.8 Å². The summed E-state index contributed by atoms with van der Waals surface area (Å²) in [6, 6.07) is 23.0. The van der Waals surface area contributed by atoms with E-state index in [-0.39, 0.29) is 18.3 Å². The number of likely N-dealkylation sites (N-methyl/N-ethyl adjacent to an activating group) is 1. The average Bonchev–Trinajstić information content (AvgIpc) is 2.90. The molecule has 0 bridgehead atoms. The van der Waals surface area contributed by atoms with Gasteiger partial charge in [0.15, 0.2) is 0 Å². The monoisotopic (exact) mass is 498 g/mol. The van der Waals surface area contributed by atoms with Crippen molar-refractivity contribution < 1.29 is 13.8 Å². The fourth-order valence-corrected chi connectivity index (χ4v) is 5.00. The Morgan fingerprint density at radius 3 is 2.49 bits per heavy atom. The van der Waals surface area contributed by atoms with Crippen LogP contribution in [-0.4, -0.2) is 53.7 Å². The molecule has 1 amide bonds. The van der Waals surface area contributed by atoms with Gasteiger partial charge in [-0.3, -0.25) is 9.69 Å². The molecule has 6 nitrogen and oxygen atoms in total. The van der Waals surface area contributed by atoms with Gasteiger partial charge in [-0.1, -0.05) is 60.7 Å². The minimum Gasteiger partial charge on any atom is -0.632 e. The molecule has 1 atom stereocenters. The van der Waals surface area contributed by atoms with Crippen LogP contribution in [0.25, 0.3) is 22.2 Å². The van der Waals surface area contributed by atoms with Crippen LogP contribution in [-0.2, 0) is 6.54 Å². The second-order valence-corrected chi connectivity index (χ2v) is 9.91. The molecule has 5 rings (SSSR count). The van der Waals surface area contributed by atoms with Crippen molar-refractivity contribution in [1.29, 1.82) is 0 Å². The Morgan fingerprint density at radius 1 is 1.05 bits per heavy atom. The van der Waals surface area contributed by atoms with Gasteiger partial charge in [-0.15, -0.1) is 0 Å². The number of quaternary nitrogens is 1. The molecule has 2 heterocycles. The largest absolute Gasteiger partial charge is 0.632 e. The first-order valence-corrected chi connectivity index (χ1v) is 12.6. The van der Waals surface area contributed by atoms with Gasteiger partial charge < -0.3 is 15.2 Å². The van der Waals surface area contributed by atoms with Crippen molar-refractivity contribution in [2.75, 3.05) is 33.2 Å². The number of piperazine rings is 1. The summed E-state index contributed by atoms with van der Waals surface area (Å²) in [5.74, 6) is -0.656. The Labute approximate surface area is 216 Å². The topological polar surface area (TPSA) is 68.3 Å². The summed E-state index contributed by atoms with van der Waals surface area (Å²) in [6.45, 7) is 4.26. The fraction of sp³-hybridized carbons (Fsp3) is 0.267. The Hall–Kier alpha value is -3.65. The highest BCUT2D eigenvalue weighted by Crippen LogP contribution is 2.33. The molecule has 1 aliphatic rings. The summed E-state index contributed by atoms with van der Waals surface area (Å²) in [5, 5.41) is 17.7. The zero-order valence-corrected chi connectivity index (χ0v) is 21.2. The van der Waals surface area contributed by atoms with Crippen LogP contribution in [0.1, 0.15) is 34.5 Å². The van der Waals surface area contributed by atoms with Crippen molar-refractivity contribution in [3.63, 3.8) is 0 Å². The Morgan fingerprint density at radius 2 is 1.76 bits per heavy atom. The van der Waals surface area contributed by atoms with Gasteiger partial charge in [-0.2, -0.15) is 0 Å². The van der Waals surface area contributed by atoms with Gasteiger partial charge in [0.1, 0.15) is 12.4 Å². The average molecular weight is 499 g/mol. The second-order valence-electron chi connectivity index (χ2n) is 9.91. The number of aromatic nitrogens is 1. The van der Waals surface area contributed by atoms with E-state index < -0.39 is 10.7 Å². The van der Waals surface area contributed by atoms with Crippen molar-refractivity contribution in [2.45, 2.75) is 19.5 Å². The van der Waals surface area contributed by atoms with Gasteiger partial charge in [0.25, 0.3) is 5.91 Å². The van der Waals surface area contributed by atoms with Gasteiger partial charge in [0.05, 0.1) is 35.9 Å². The Balaban J connectivity index is 1.65. The maximum atomic E-state index is 14.0. The number of pyridine rings is 1. The summed E-state index contributed by atoms with van der Waals surface area (Å²) >= 11 is 0. The number of nitrogens with one attached hydrogen (secondary N) is 1. The number of para-hydroxylation sites is 1. The number of hydrogen-bond acceptors (Lipinski definition) is 4. The molecule has 37 heavy (non-hydrogen) atoms. The SMILES string of the molecule is CC(NC(=O)c1c(C[N+]2([O-])CCN(C)CC2)c(-c2ccccc2)nc2ccccc12)c1cccc(F)c1. The van der Waals surface area contributed by atoms with E-state index >= 15 is 0 Å². The molecule has 0 spiro atoms. The van der Waals surface area contributed by atoms with E-state index in [2.05, 4.69) is 10.2 Å². The van der Waals surface area contributed by atoms with E-state index in [0.717, 1.165) is 5.56 Å². The highest BCUT2D eigenvalue weighted by Gasteiger charge is 2.30. The van der Waals surface area contributed by atoms with Crippen LogP contribution >= 0.6 is 0 Å². The molecule has 4 aromatic rings. The first-order chi connectivity index (χ1) is 17.8. The van der Waals surface area contributed by atoms with E-state index in [4.69, 9.17) is 4.98 Å². The summed E-state index contributed by atoms with van der Waals surface area (Å²) in [6.07, 6.45) is 0. The fourth-order valence-electron chi connectivity index (χ4n) is 5.00. The summed E-state index contributed by atoms with van der Waals surface area (Å²) < 4.78 is 13.5. The van der Waals surface area contributed by atoms with Crippen LogP contribution in [0.5, 0.6) is 0 Å². The van der Waals surface area contributed by atoms with Gasteiger partial charge >= 0.3 is 0 Å². The molecule has 1 fully saturated rings. The molecular weight excluding hydrogens is 467 g/mol. The van der Waals surface area contributed by atoms with Gasteiger partial charge in [0.2, 0.25) is 0 Å². The predicted octanol–water partition coefficient (Wildman–Crippen LogP) is 5.29. The smallest absolute Gasteiger partial charge is 0.253 e. The molecule has 1 saturated heterocycles. The molecule has 1 aromatic heterocycles. The van der Waals surface area contributed by atoms with Crippen molar-refractivity contribution in [1.82, 2.24) is 15.2 Å². The third-order valence-electron chi connectivity index (χ3n) is 7.19. The molecule has 1 aliphatic heterocycles. The third kappa shape index (κ3) is 5.39. The van der Waals surface area contributed by atoms with Crippen molar-refractivity contribution in [3.8, 4) is 11.3 Å². The normalized spacial score (nSPS) is 16.4. The Bertz CT molecular complexity index is 1420. The first-order valence-electron chi connectivity index (χ1n) is 12.6. The zero-order chi connectivity index (χ0) is 26.0. The predicted molar refractivity (Wildman–Crippen MR) is 144 cm³/mol. The van der Waals surface area contributed by atoms with Crippen LogP contribution in [0.3, 0.4) is 0 Å². The number of nitrogens with zero attached hydrogens (tertiary/aromatic N) is 3. The number of hydrogen-bond donors (Lipinski definition) is 1. The molecule has 1 unspecified atom stereocenters. The number of rotatable bonds is 6. The number of benzene rings is 3. The number of amides is 1. The van der Waals surface area contributed by atoms with Crippen LogP contribution in [0, 0.1) is 11.0 Å². The van der Waals surface area contributed by atoms with Crippen LogP contribution in [0.15, 0.2) is 78.9 Å². The van der Waals surface area contributed by atoms with Crippen LogP contribution in [0.4, 0.5) is 4.39 Å². The maximum absolute atomic E-state index is 14.0. The molecule has 0 aliphatic carbocycles. The number of hydroxylamine groups is 3. The highest BCUT2D eigenvalue weighted by atomic mass is 19.1. The van der Waals surface area contributed by atoms with Gasteiger partial charge in [-0.25, -0.2) is 9.37 Å². The lowest BCUT2D eigenvalue weighted by atomic mass is 9.94. The standard InChI is InChI=1S/C30H31FN4O2/c1-21(23-11-8-12-24(31)19-23)32-30(36)28-25-13-6-7-14-27(25)33-29(22-9-4-3-5-10-22)26(28)20-35(37)17-15-34(2)16-18-35/h3-14,19,21H,15-18,20H2,1-2H3,(H,32,36). The van der Waals surface area contributed by atoms with E-state index in [9.17, 15) is 14.4 Å². The maximum Gasteiger partial charge on any atom is 0.253 e. The van der Waals surface area contributed by atoms with Crippen molar-refractivity contribution in [3.05, 3.63) is 107 Å². The Kier molecular flexibility index (Phi) is 7.02. The third-order valence-corrected chi connectivity index (χ3v) is 7.19. The van der Waals surface area contributed by atoms with Gasteiger partial charge in [0, 0.05) is 29.6 Å². The van der Waals surface area contributed by atoms with Crippen LogP contribution in [0.2, 0.25) is 0 Å². The van der Waals surface area contributed by atoms with E-state index in [1.165, 1.54) is 12.1 Å². The number of carbonyl (C=O) groups excluding carboxylic acids is 1. The molecule has 0 radical (unpaired) electrons. The molecule has 3 aromatic carbocycles. The molecule has 190 valence electrons. The van der Waals surface area contributed by atoms with Gasteiger partial charge in [-0.05, 0) is 37.7 Å². The highest BCUT2D eigenvalue weighted by molar-refractivity contribution is 6.09. The summed E-state index contributed by atoms with van der Waals surface area (Å²) in [5.41, 5.74) is 3.96. The second kappa shape index (κ2) is 10.4. The molecule has 7 heteroatoms. The molecule has 1 N–H and O–H groups in total. The lowest BCUT2D eigenvalue weighted by Crippen LogP contribution is -2.54.